The van der Waals surface area contributed by atoms with Gasteiger partial charge in [0.05, 0.1) is 174 Å². The fraction of sp³-hybridized carbons (Fsp3) is 0.115. The minimum absolute atomic E-state index is 0.00877. The standard InChI is InChI=1S/C23H16Cl2F3N3O.2C23H18F3N3O.C22H16Cl2FN3O.C22H17Cl2N3O/c1-13(14-4-2-5-15(10-14)23(26,27)28)30-22(32)17-6-3-7-21-18(17)12-29-31(21)16-8-9-19(24)20(25)11-16;1-15-5-2-8-18(11-15)29-21-10-4-9-19(20(21)14-28-29)22(30)27-13-16-6-3-7-17(12-16)23(24,25)26;1-15-6-2-3-10-20(15)29-21-11-5-9-18(19(21)14-28-29)22(30)27-13-16-7-4-8-17(12-16)23(24,25)26;23-19-8-7-16(12-20(19)24)28-21-6-2-5-17(18(21)13-27-28)22(29)26-10-9-14-3-1-4-15(25)11-14;1-14(15-6-3-2-4-7-15)26-22(28)17-8-5-9-21-18(17)13-25-27(21)16-10-11-19(23)20(24)12-16/h2-13H,1H3,(H,30,32);2*2-12,14H,13H2,1H3,(H,27,30);1-8,11-13H,9-10H2,(H,26,29);2-14H,1H3,(H,26,28). The summed E-state index contributed by atoms with van der Waals surface area (Å²) in [7, 11) is 0. The molecule has 15 aromatic carbocycles. The lowest BCUT2D eigenvalue weighted by Crippen LogP contribution is -2.27. The highest BCUT2D eigenvalue weighted by atomic mass is 35.5. The van der Waals surface area contributed by atoms with Crippen molar-refractivity contribution in [2.75, 3.05) is 6.54 Å². The molecule has 149 heavy (non-hydrogen) atoms. The molecule has 0 saturated heterocycles. The number of alkyl halides is 9. The van der Waals surface area contributed by atoms with Crippen molar-refractivity contribution >= 4 is 154 Å². The SMILES string of the molecule is CC(NC(=O)c1cccc2c1cnn2-c1ccc(Cl)c(Cl)c1)c1cccc(C(F)(F)F)c1.CC(NC(=O)c1cccc2c1cnn2-c1ccc(Cl)c(Cl)c1)c1ccccc1.Cc1cccc(-n2ncc3c(C(=O)NCc4cccc(C(F)(F)F)c4)cccc32)c1.Cc1ccccc1-n1ncc2c(C(=O)NCc3cccc(C(F)(F)F)c3)cccc21.O=C(NCCc1cccc(F)c1)c1cccc2c1cnn2-c1ccc(Cl)c(Cl)c1. The monoisotopic (exact) mass is 2130 g/mol. The highest BCUT2D eigenvalue weighted by Crippen LogP contribution is 2.38. The molecule has 5 heterocycles. The molecule has 0 aliphatic rings. The Kier molecular flexibility index (Phi) is 33.0. The topological polar surface area (TPSA) is 235 Å². The first-order valence-electron chi connectivity index (χ1n) is 46.0. The third kappa shape index (κ3) is 25.3. The summed E-state index contributed by atoms with van der Waals surface area (Å²) in [5.41, 5.74) is 13.0. The first-order chi connectivity index (χ1) is 71.4. The second kappa shape index (κ2) is 46.4. The Balaban J connectivity index is 0.000000133. The predicted octanol–water partition coefficient (Wildman–Crippen LogP) is 28.7. The van der Waals surface area contributed by atoms with Gasteiger partial charge in [-0.2, -0.15) is 65.0 Å². The largest absolute Gasteiger partial charge is 0.416 e. The van der Waals surface area contributed by atoms with Crippen molar-refractivity contribution in [3.05, 3.63) is 472 Å². The van der Waals surface area contributed by atoms with Crippen LogP contribution in [0.4, 0.5) is 43.9 Å². The van der Waals surface area contributed by atoms with E-state index in [1.54, 1.807) is 189 Å². The van der Waals surface area contributed by atoms with Crippen LogP contribution in [-0.2, 0) is 38.0 Å². The molecule has 20 aromatic rings. The van der Waals surface area contributed by atoms with Crippen LogP contribution < -0.4 is 26.6 Å². The number of carbonyl (C=O) groups excluding carboxylic acids is 5. The smallest absolute Gasteiger partial charge is 0.352 e. The highest BCUT2D eigenvalue weighted by molar-refractivity contribution is 6.43. The fourth-order valence-electron chi connectivity index (χ4n) is 16.5. The average molecular weight is 2140 g/mol. The van der Waals surface area contributed by atoms with Crippen molar-refractivity contribution in [1.82, 2.24) is 75.5 Å². The molecule has 754 valence electrons. The van der Waals surface area contributed by atoms with Gasteiger partial charge in [0, 0.05) is 46.6 Å². The molecule has 20 rings (SSSR count). The Morgan fingerprint density at radius 1 is 0.302 bits per heavy atom. The van der Waals surface area contributed by atoms with Crippen molar-refractivity contribution in [3.8, 4) is 28.4 Å². The molecule has 0 saturated carbocycles. The molecule has 2 unspecified atom stereocenters. The molecular formula is C113H85Cl6F10N15O5. The Hall–Kier alpha value is -16.0. The summed E-state index contributed by atoms with van der Waals surface area (Å²) < 4.78 is 138. The lowest BCUT2D eigenvalue weighted by atomic mass is 10.0. The van der Waals surface area contributed by atoms with E-state index in [9.17, 15) is 67.9 Å². The number of aromatic nitrogens is 10. The van der Waals surface area contributed by atoms with Gasteiger partial charge in [0.25, 0.3) is 29.5 Å². The van der Waals surface area contributed by atoms with E-state index in [1.165, 1.54) is 30.3 Å². The summed E-state index contributed by atoms with van der Waals surface area (Å²) in [6, 6.07) is 88.2. The zero-order chi connectivity index (χ0) is 106. The van der Waals surface area contributed by atoms with Gasteiger partial charge >= 0.3 is 18.5 Å². The Labute approximate surface area is 875 Å². The average Bonchev–Trinajstić information content (AvgIpc) is 1.66. The quantitative estimate of drug-likeness (QED) is 0.0427. The van der Waals surface area contributed by atoms with Crippen LogP contribution in [0.15, 0.2) is 353 Å². The number of carbonyl (C=O) groups is 5. The van der Waals surface area contributed by atoms with Crippen LogP contribution in [0.25, 0.3) is 83.0 Å². The summed E-state index contributed by atoms with van der Waals surface area (Å²) in [6.07, 6.45) is -4.60. The van der Waals surface area contributed by atoms with Gasteiger partial charge in [-0.05, 0) is 255 Å². The van der Waals surface area contributed by atoms with Crippen molar-refractivity contribution in [2.45, 2.75) is 77.8 Å². The van der Waals surface area contributed by atoms with Crippen LogP contribution in [0.3, 0.4) is 0 Å². The van der Waals surface area contributed by atoms with Gasteiger partial charge in [0.1, 0.15) is 5.82 Å². The summed E-state index contributed by atoms with van der Waals surface area (Å²) in [6.45, 7) is 7.95. The van der Waals surface area contributed by atoms with Gasteiger partial charge in [0.2, 0.25) is 0 Å². The number of halogens is 16. The Bertz CT molecular complexity index is 8380. The second-order valence-corrected chi connectivity index (χ2v) is 36.7. The maximum absolute atomic E-state index is 13.3. The molecule has 5 amide bonds. The summed E-state index contributed by atoms with van der Waals surface area (Å²) in [5, 5.41) is 42.2. The van der Waals surface area contributed by atoms with E-state index in [0.29, 0.717) is 115 Å². The van der Waals surface area contributed by atoms with Gasteiger partial charge in [-0.15, -0.1) is 0 Å². The third-order valence-corrected chi connectivity index (χ3v) is 26.3. The molecule has 20 nitrogen and oxygen atoms in total. The zero-order valence-electron chi connectivity index (χ0n) is 79.0. The zero-order valence-corrected chi connectivity index (χ0v) is 83.6. The number of amides is 5. The van der Waals surface area contributed by atoms with Crippen molar-refractivity contribution in [3.63, 3.8) is 0 Å². The second-order valence-electron chi connectivity index (χ2n) is 34.2. The third-order valence-electron chi connectivity index (χ3n) is 24.0. The number of benzene rings is 15. The molecule has 5 N–H and O–H groups in total. The van der Waals surface area contributed by atoms with Crippen LogP contribution >= 0.6 is 69.6 Å². The Morgan fingerprint density at radius 3 is 1.03 bits per heavy atom. The summed E-state index contributed by atoms with van der Waals surface area (Å²) >= 11 is 36.4. The van der Waals surface area contributed by atoms with Crippen LogP contribution in [0.2, 0.25) is 30.1 Å². The van der Waals surface area contributed by atoms with E-state index >= 15 is 0 Å². The number of nitrogens with one attached hydrogen (secondary N) is 5. The normalized spacial score (nSPS) is 11.8. The van der Waals surface area contributed by atoms with Gasteiger partial charge in [-0.25, -0.2) is 27.8 Å². The molecule has 0 bridgehead atoms. The van der Waals surface area contributed by atoms with E-state index < -0.39 is 47.2 Å². The molecule has 0 aliphatic heterocycles. The van der Waals surface area contributed by atoms with Crippen LogP contribution in [0.1, 0.15) is 133 Å². The van der Waals surface area contributed by atoms with Gasteiger partial charge in [0.15, 0.2) is 0 Å². The van der Waals surface area contributed by atoms with E-state index in [-0.39, 0.29) is 48.6 Å². The van der Waals surface area contributed by atoms with Crippen molar-refractivity contribution in [2.24, 2.45) is 0 Å². The maximum Gasteiger partial charge on any atom is 0.416 e. The number of para-hydroxylation sites is 1. The van der Waals surface area contributed by atoms with Crippen LogP contribution in [-0.4, -0.2) is 85.0 Å². The minimum atomic E-state index is -4.45. The van der Waals surface area contributed by atoms with E-state index in [1.807, 2.05) is 148 Å². The fourth-order valence-corrected chi connectivity index (χ4v) is 17.4. The van der Waals surface area contributed by atoms with E-state index in [0.717, 1.165) is 114 Å². The number of aryl methyl sites for hydroxylation is 2. The molecule has 0 spiro atoms. The minimum Gasteiger partial charge on any atom is -0.352 e. The lowest BCUT2D eigenvalue weighted by molar-refractivity contribution is -0.138. The van der Waals surface area contributed by atoms with Crippen molar-refractivity contribution in [1.29, 1.82) is 0 Å². The number of nitrogens with zero attached hydrogens (tertiary/aromatic N) is 10. The first kappa shape index (κ1) is 106. The van der Waals surface area contributed by atoms with Gasteiger partial charge in [-0.3, -0.25) is 24.0 Å². The maximum atomic E-state index is 13.3. The molecule has 0 fully saturated rings. The first-order valence-corrected chi connectivity index (χ1v) is 48.2. The molecule has 0 aliphatic carbocycles. The molecule has 5 aromatic heterocycles. The van der Waals surface area contributed by atoms with Crippen LogP contribution in [0, 0.1) is 19.7 Å². The molecule has 0 radical (unpaired) electrons. The lowest BCUT2D eigenvalue weighted by Gasteiger charge is -2.16. The number of hydrogen-bond acceptors (Lipinski definition) is 10. The number of hydrogen-bond donors (Lipinski definition) is 5. The van der Waals surface area contributed by atoms with E-state index in [4.69, 9.17) is 69.6 Å². The predicted molar refractivity (Wildman–Crippen MR) is 562 cm³/mol. The van der Waals surface area contributed by atoms with Gasteiger partial charge in [-0.1, -0.05) is 209 Å². The number of fused-ring (bicyclic) bond motifs is 5. The molecule has 36 heteroatoms. The Morgan fingerprint density at radius 2 is 0.631 bits per heavy atom. The summed E-state index contributed by atoms with van der Waals surface area (Å²) in [5.74, 6) is -1.80. The van der Waals surface area contributed by atoms with E-state index in [2.05, 4.69) is 52.1 Å². The molecular weight excluding hydrogens is 2050 g/mol. The van der Waals surface area contributed by atoms with Gasteiger partial charge < -0.3 is 26.6 Å². The summed E-state index contributed by atoms with van der Waals surface area (Å²) in [4.78, 5) is 64.1. The molecule has 2 atom stereocenters. The van der Waals surface area contributed by atoms with Crippen molar-refractivity contribution < 1.29 is 67.9 Å². The highest BCUT2D eigenvalue weighted by Gasteiger charge is 2.34. The van der Waals surface area contributed by atoms with Crippen LogP contribution in [0.5, 0.6) is 0 Å². The number of rotatable bonds is 21.